The highest BCUT2D eigenvalue weighted by atomic mass is 32.2. The fourth-order valence-corrected chi connectivity index (χ4v) is 3.00. The zero-order valence-corrected chi connectivity index (χ0v) is 10.7. The van der Waals surface area contributed by atoms with E-state index in [1.807, 2.05) is 30.3 Å². The number of carbonyl (C=O) groups is 1. The summed E-state index contributed by atoms with van der Waals surface area (Å²) in [7, 11) is -3.47. The van der Waals surface area contributed by atoms with Crippen LogP contribution in [0.4, 0.5) is 0 Å². The van der Waals surface area contributed by atoms with Gasteiger partial charge in [0.1, 0.15) is 0 Å². The molecule has 2 rings (SSSR count). The zero-order valence-electron chi connectivity index (χ0n) is 9.87. The van der Waals surface area contributed by atoms with E-state index < -0.39 is 27.2 Å². The first-order valence-electron chi connectivity index (χ1n) is 5.84. The van der Waals surface area contributed by atoms with Crippen molar-refractivity contribution in [2.24, 2.45) is 5.73 Å². The lowest BCUT2D eigenvalue weighted by atomic mass is 10.1. The number of amides is 1. The van der Waals surface area contributed by atoms with Gasteiger partial charge in [0.2, 0.25) is 15.9 Å². The van der Waals surface area contributed by atoms with E-state index in [0.717, 1.165) is 5.56 Å². The van der Waals surface area contributed by atoms with Crippen molar-refractivity contribution in [3.05, 3.63) is 35.9 Å². The topological polar surface area (TPSA) is 89.3 Å². The fourth-order valence-electron chi connectivity index (χ4n) is 1.68. The highest BCUT2D eigenvalue weighted by Crippen LogP contribution is 2.27. The Hall–Kier alpha value is -1.40. The number of nitrogens with one attached hydrogen (secondary N) is 1. The first-order valence-corrected chi connectivity index (χ1v) is 7.38. The number of sulfonamides is 1. The average molecular weight is 268 g/mol. The highest BCUT2D eigenvalue weighted by Gasteiger charge is 2.36. The zero-order chi connectivity index (χ0) is 13.2. The standard InChI is InChI=1S/C12H16N2O3S/c13-11(9-4-2-1-3-5-9)8-12(15)14-18(16,17)10-6-7-10/h1-5,10-11H,6-8,13H2,(H,14,15). The van der Waals surface area contributed by atoms with Crippen molar-refractivity contribution >= 4 is 15.9 Å². The summed E-state index contributed by atoms with van der Waals surface area (Å²) in [6, 6.07) is 8.65. The molecule has 1 aromatic rings. The van der Waals surface area contributed by atoms with E-state index in [4.69, 9.17) is 5.73 Å². The molecule has 18 heavy (non-hydrogen) atoms. The second-order valence-corrected chi connectivity index (χ2v) is 6.45. The molecule has 3 N–H and O–H groups in total. The Balaban J connectivity index is 1.92. The molecule has 1 unspecified atom stereocenters. The summed E-state index contributed by atoms with van der Waals surface area (Å²) in [4.78, 5) is 11.6. The lowest BCUT2D eigenvalue weighted by Crippen LogP contribution is -2.35. The molecule has 1 aliphatic carbocycles. The van der Waals surface area contributed by atoms with Gasteiger partial charge in [0.15, 0.2) is 0 Å². The van der Waals surface area contributed by atoms with Gasteiger partial charge in [0, 0.05) is 12.5 Å². The summed E-state index contributed by atoms with van der Waals surface area (Å²) in [6.45, 7) is 0. The van der Waals surface area contributed by atoms with Crippen molar-refractivity contribution in [3.63, 3.8) is 0 Å². The predicted molar refractivity (Wildman–Crippen MR) is 68.1 cm³/mol. The smallest absolute Gasteiger partial charge is 0.237 e. The Kier molecular flexibility index (Phi) is 3.68. The number of nitrogens with two attached hydrogens (primary N) is 1. The minimum Gasteiger partial charge on any atom is -0.324 e. The van der Waals surface area contributed by atoms with Gasteiger partial charge in [-0.15, -0.1) is 0 Å². The van der Waals surface area contributed by atoms with E-state index >= 15 is 0 Å². The Morgan fingerprint density at radius 1 is 1.33 bits per heavy atom. The molecule has 0 saturated heterocycles. The molecule has 5 nitrogen and oxygen atoms in total. The van der Waals surface area contributed by atoms with Crippen molar-refractivity contribution in [3.8, 4) is 0 Å². The molecule has 98 valence electrons. The third-order valence-electron chi connectivity index (χ3n) is 2.85. The van der Waals surface area contributed by atoms with Crippen LogP contribution in [0.2, 0.25) is 0 Å². The van der Waals surface area contributed by atoms with Crippen LogP contribution in [0.25, 0.3) is 0 Å². The molecule has 1 fully saturated rings. The van der Waals surface area contributed by atoms with Crippen molar-refractivity contribution in [2.45, 2.75) is 30.6 Å². The van der Waals surface area contributed by atoms with Crippen LogP contribution < -0.4 is 10.5 Å². The van der Waals surface area contributed by atoms with Crippen molar-refractivity contribution in [1.29, 1.82) is 0 Å². The molecule has 0 heterocycles. The molecule has 1 amide bonds. The Morgan fingerprint density at radius 3 is 2.50 bits per heavy atom. The highest BCUT2D eigenvalue weighted by molar-refractivity contribution is 7.90. The molecule has 1 atom stereocenters. The minimum absolute atomic E-state index is 0.0318. The minimum atomic E-state index is -3.47. The first kappa shape index (κ1) is 13.0. The summed E-state index contributed by atoms with van der Waals surface area (Å²) in [5.74, 6) is -0.543. The average Bonchev–Trinajstić information content (AvgIpc) is 3.13. The van der Waals surface area contributed by atoms with Gasteiger partial charge in [-0.05, 0) is 18.4 Å². The van der Waals surface area contributed by atoms with Crippen LogP contribution in [0, 0.1) is 0 Å². The van der Waals surface area contributed by atoms with Gasteiger partial charge in [-0.3, -0.25) is 9.52 Å². The lowest BCUT2D eigenvalue weighted by Gasteiger charge is -2.12. The number of carbonyl (C=O) groups excluding carboxylic acids is 1. The maximum Gasteiger partial charge on any atom is 0.237 e. The number of benzene rings is 1. The molecule has 1 aliphatic rings. The van der Waals surface area contributed by atoms with Crippen molar-refractivity contribution in [1.82, 2.24) is 4.72 Å². The number of hydrogen-bond acceptors (Lipinski definition) is 4. The second kappa shape index (κ2) is 5.07. The van der Waals surface area contributed by atoms with Crippen LogP contribution >= 0.6 is 0 Å². The van der Waals surface area contributed by atoms with Gasteiger partial charge in [-0.1, -0.05) is 30.3 Å². The normalized spacial score (nSPS) is 17.2. The third-order valence-corrected chi connectivity index (χ3v) is 4.71. The summed E-state index contributed by atoms with van der Waals surface area (Å²) in [5, 5.41) is -0.394. The number of hydrogen-bond donors (Lipinski definition) is 2. The molecule has 6 heteroatoms. The van der Waals surface area contributed by atoms with Crippen LogP contribution in [-0.2, 0) is 14.8 Å². The van der Waals surface area contributed by atoms with Gasteiger partial charge < -0.3 is 5.73 Å². The molecule has 1 aromatic carbocycles. The quantitative estimate of drug-likeness (QED) is 0.822. The van der Waals surface area contributed by atoms with Gasteiger partial charge >= 0.3 is 0 Å². The van der Waals surface area contributed by atoms with Crippen LogP contribution in [0.5, 0.6) is 0 Å². The molecule has 0 aliphatic heterocycles. The van der Waals surface area contributed by atoms with E-state index in [-0.39, 0.29) is 6.42 Å². The molecular weight excluding hydrogens is 252 g/mol. The molecule has 0 spiro atoms. The third kappa shape index (κ3) is 3.30. The first-order chi connectivity index (χ1) is 8.49. The maximum atomic E-state index is 11.6. The molecule has 1 saturated carbocycles. The second-order valence-electron chi connectivity index (χ2n) is 4.49. The van der Waals surface area contributed by atoms with Crippen molar-refractivity contribution < 1.29 is 13.2 Å². The molecule has 0 aromatic heterocycles. The molecule has 0 radical (unpaired) electrons. The largest absolute Gasteiger partial charge is 0.324 e. The summed E-state index contributed by atoms with van der Waals surface area (Å²) in [5.41, 5.74) is 6.67. The van der Waals surface area contributed by atoms with E-state index in [0.29, 0.717) is 12.8 Å². The lowest BCUT2D eigenvalue weighted by molar-refractivity contribution is -0.119. The molecular formula is C12H16N2O3S. The number of rotatable bonds is 5. The van der Waals surface area contributed by atoms with Gasteiger partial charge in [-0.25, -0.2) is 8.42 Å². The fraction of sp³-hybridized carbons (Fsp3) is 0.417. The van der Waals surface area contributed by atoms with Crippen LogP contribution in [0.1, 0.15) is 30.9 Å². The van der Waals surface area contributed by atoms with E-state index in [9.17, 15) is 13.2 Å². The maximum absolute atomic E-state index is 11.6. The van der Waals surface area contributed by atoms with Crippen LogP contribution in [0.3, 0.4) is 0 Å². The Morgan fingerprint density at radius 2 is 1.94 bits per heavy atom. The Bertz CT molecular complexity index is 524. The molecule has 0 bridgehead atoms. The summed E-state index contributed by atoms with van der Waals surface area (Å²) < 4.78 is 25.2. The van der Waals surface area contributed by atoms with E-state index in [1.54, 1.807) is 0 Å². The predicted octanol–water partition coefficient (Wildman–Crippen LogP) is 0.685. The van der Waals surface area contributed by atoms with E-state index in [1.165, 1.54) is 0 Å². The van der Waals surface area contributed by atoms with Crippen LogP contribution in [-0.4, -0.2) is 19.6 Å². The SMILES string of the molecule is NC(CC(=O)NS(=O)(=O)C1CC1)c1ccccc1. The van der Waals surface area contributed by atoms with Gasteiger partial charge in [-0.2, -0.15) is 0 Å². The van der Waals surface area contributed by atoms with Gasteiger partial charge in [0.25, 0.3) is 0 Å². The van der Waals surface area contributed by atoms with E-state index in [2.05, 4.69) is 4.72 Å². The van der Waals surface area contributed by atoms with Gasteiger partial charge in [0.05, 0.1) is 5.25 Å². The Labute approximate surface area is 106 Å². The van der Waals surface area contributed by atoms with Crippen LogP contribution in [0.15, 0.2) is 30.3 Å². The van der Waals surface area contributed by atoms with Crippen molar-refractivity contribution in [2.75, 3.05) is 0 Å². The summed E-state index contributed by atoms with van der Waals surface area (Å²) in [6.07, 6.45) is 1.23. The summed E-state index contributed by atoms with van der Waals surface area (Å²) >= 11 is 0. The monoisotopic (exact) mass is 268 g/mol.